The lowest BCUT2D eigenvalue weighted by Gasteiger charge is -1.82. The van der Waals surface area contributed by atoms with Gasteiger partial charge in [-0.15, -0.1) is 0 Å². The molecule has 1 heterocycles. The Morgan fingerprint density at radius 1 is 1.10 bits per heavy atom. The first-order valence-corrected chi connectivity index (χ1v) is 3.83. The molecule has 0 atom stereocenters. The Kier molecular flexibility index (Phi) is 3.85. The molecule has 58 valence electrons. The van der Waals surface area contributed by atoms with Gasteiger partial charge >= 0.3 is 0 Å². The molecule has 10 heavy (non-hydrogen) atoms. The summed E-state index contributed by atoms with van der Waals surface area (Å²) in [7, 11) is 0. The maximum absolute atomic E-state index is 3.21. The molecule has 0 aliphatic rings. The summed E-state index contributed by atoms with van der Waals surface area (Å²) in [4.78, 5) is 3.21. The SMILES string of the molecule is CC.Cc1cc(C)c(C)[nH]1. The average Bonchev–Trinajstić information content (AvgIpc) is 2.16. The van der Waals surface area contributed by atoms with Crippen molar-refractivity contribution in [3.8, 4) is 0 Å². The highest BCUT2D eigenvalue weighted by Gasteiger charge is 1.92. The fourth-order valence-corrected chi connectivity index (χ4v) is 0.863. The van der Waals surface area contributed by atoms with Gasteiger partial charge in [0.2, 0.25) is 0 Å². The van der Waals surface area contributed by atoms with Crippen LogP contribution in [0.5, 0.6) is 0 Å². The second-order valence-corrected chi connectivity index (χ2v) is 2.26. The quantitative estimate of drug-likeness (QED) is 0.568. The highest BCUT2D eigenvalue weighted by Crippen LogP contribution is 2.05. The largest absolute Gasteiger partial charge is 0.363 e. The van der Waals surface area contributed by atoms with Crippen molar-refractivity contribution in [3.63, 3.8) is 0 Å². The highest BCUT2D eigenvalue weighted by molar-refractivity contribution is 5.21. The zero-order chi connectivity index (χ0) is 8.15. The fourth-order valence-electron chi connectivity index (χ4n) is 0.863. The number of rotatable bonds is 0. The standard InChI is InChI=1S/C7H11N.C2H6/c1-5-4-6(2)8-7(5)3;1-2/h4,8H,1-3H3;1-2H3. The Bertz CT molecular complexity index is 167. The van der Waals surface area contributed by atoms with Crippen LogP contribution in [-0.2, 0) is 0 Å². The van der Waals surface area contributed by atoms with E-state index < -0.39 is 0 Å². The van der Waals surface area contributed by atoms with E-state index in [2.05, 4.69) is 31.8 Å². The monoisotopic (exact) mass is 139 g/mol. The summed E-state index contributed by atoms with van der Waals surface area (Å²) in [6, 6.07) is 2.15. The van der Waals surface area contributed by atoms with Crippen molar-refractivity contribution in [2.24, 2.45) is 0 Å². The Balaban J connectivity index is 0.000000371. The Morgan fingerprint density at radius 2 is 1.60 bits per heavy atom. The predicted molar refractivity (Wildman–Crippen MR) is 46.4 cm³/mol. The zero-order valence-corrected chi connectivity index (χ0v) is 7.58. The summed E-state index contributed by atoms with van der Waals surface area (Å²) < 4.78 is 0. The van der Waals surface area contributed by atoms with Crippen molar-refractivity contribution in [2.75, 3.05) is 0 Å². The van der Waals surface area contributed by atoms with Gasteiger partial charge in [-0.3, -0.25) is 0 Å². The molecular formula is C9H17N. The fraction of sp³-hybridized carbons (Fsp3) is 0.556. The summed E-state index contributed by atoms with van der Waals surface area (Å²) >= 11 is 0. The van der Waals surface area contributed by atoms with Crippen LogP contribution in [0.2, 0.25) is 0 Å². The minimum absolute atomic E-state index is 1.25. The topological polar surface area (TPSA) is 15.8 Å². The Labute approximate surface area is 63.5 Å². The zero-order valence-electron chi connectivity index (χ0n) is 7.58. The van der Waals surface area contributed by atoms with Crippen molar-refractivity contribution in [3.05, 3.63) is 23.0 Å². The van der Waals surface area contributed by atoms with Gasteiger partial charge in [-0.2, -0.15) is 0 Å². The summed E-state index contributed by atoms with van der Waals surface area (Å²) in [5.41, 5.74) is 3.88. The molecule has 1 aromatic heterocycles. The van der Waals surface area contributed by atoms with E-state index in [1.807, 2.05) is 13.8 Å². The number of hydrogen-bond donors (Lipinski definition) is 1. The molecule has 0 aliphatic carbocycles. The van der Waals surface area contributed by atoms with Crippen molar-refractivity contribution < 1.29 is 0 Å². The van der Waals surface area contributed by atoms with Crippen LogP contribution in [0.1, 0.15) is 30.8 Å². The number of aryl methyl sites for hydroxylation is 3. The molecule has 1 N–H and O–H groups in total. The van der Waals surface area contributed by atoms with E-state index in [9.17, 15) is 0 Å². The second-order valence-electron chi connectivity index (χ2n) is 2.26. The van der Waals surface area contributed by atoms with E-state index >= 15 is 0 Å². The van der Waals surface area contributed by atoms with Gasteiger partial charge in [0.05, 0.1) is 0 Å². The van der Waals surface area contributed by atoms with Gasteiger partial charge in [-0.05, 0) is 32.4 Å². The van der Waals surface area contributed by atoms with Crippen LogP contribution in [0.4, 0.5) is 0 Å². The average molecular weight is 139 g/mol. The van der Waals surface area contributed by atoms with Gasteiger partial charge < -0.3 is 4.98 Å². The molecular weight excluding hydrogens is 122 g/mol. The normalized spacial score (nSPS) is 8.50. The number of aromatic amines is 1. The van der Waals surface area contributed by atoms with Gasteiger partial charge in [0.25, 0.3) is 0 Å². The van der Waals surface area contributed by atoms with E-state index in [0.717, 1.165) is 0 Å². The molecule has 0 saturated carbocycles. The lowest BCUT2D eigenvalue weighted by Crippen LogP contribution is -1.71. The van der Waals surface area contributed by atoms with Crippen molar-refractivity contribution in [2.45, 2.75) is 34.6 Å². The van der Waals surface area contributed by atoms with Crippen LogP contribution in [0.25, 0.3) is 0 Å². The molecule has 0 aromatic carbocycles. The molecule has 1 nitrogen and oxygen atoms in total. The van der Waals surface area contributed by atoms with Gasteiger partial charge in [0, 0.05) is 11.4 Å². The lowest BCUT2D eigenvalue weighted by molar-refractivity contribution is 1.17. The van der Waals surface area contributed by atoms with E-state index in [4.69, 9.17) is 0 Å². The molecule has 1 rings (SSSR count). The lowest BCUT2D eigenvalue weighted by atomic mass is 10.3. The van der Waals surface area contributed by atoms with E-state index in [0.29, 0.717) is 0 Å². The van der Waals surface area contributed by atoms with Crippen LogP contribution in [0.3, 0.4) is 0 Å². The molecule has 0 spiro atoms. The molecule has 0 bridgehead atoms. The summed E-state index contributed by atoms with van der Waals surface area (Å²) in [5, 5.41) is 0. The molecule has 0 fully saturated rings. The van der Waals surface area contributed by atoms with Gasteiger partial charge in [-0.1, -0.05) is 13.8 Å². The third kappa shape index (κ3) is 2.26. The van der Waals surface area contributed by atoms with Crippen molar-refractivity contribution in [1.82, 2.24) is 4.98 Å². The molecule has 0 saturated heterocycles. The predicted octanol–water partition coefficient (Wildman–Crippen LogP) is 2.97. The van der Waals surface area contributed by atoms with E-state index in [1.165, 1.54) is 17.0 Å². The first kappa shape index (κ1) is 9.28. The Morgan fingerprint density at radius 3 is 1.70 bits per heavy atom. The Hall–Kier alpha value is -0.720. The van der Waals surface area contributed by atoms with Crippen LogP contribution >= 0.6 is 0 Å². The van der Waals surface area contributed by atoms with Crippen LogP contribution in [0.15, 0.2) is 6.07 Å². The van der Waals surface area contributed by atoms with E-state index in [-0.39, 0.29) is 0 Å². The van der Waals surface area contributed by atoms with Crippen molar-refractivity contribution in [1.29, 1.82) is 0 Å². The maximum atomic E-state index is 3.21. The molecule has 0 aliphatic heterocycles. The number of H-pyrrole nitrogens is 1. The third-order valence-electron chi connectivity index (χ3n) is 1.41. The molecule has 1 heteroatoms. The number of nitrogens with one attached hydrogen (secondary N) is 1. The molecule has 0 amide bonds. The number of aromatic nitrogens is 1. The smallest absolute Gasteiger partial charge is 0.0147 e. The van der Waals surface area contributed by atoms with Crippen LogP contribution < -0.4 is 0 Å². The van der Waals surface area contributed by atoms with Crippen LogP contribution in [0, 0.1) is 20.8 Å². The van der Waals surface area contributed by atoms with Crippen LogP contribution in [-0.4, -0.2) is 4.98 Å². The summed E-state index contributed by atoms with van der Waals surface area (Å²) in [6.07, 6.45) is 0. The molecule has 1 aromatic rings. The summed E-state index contributed by atoms with van der Waals surface area (Å²) in [5.74, 6) is 0. The van der Waals surface area contributed by atoms with Gasteiger partial charge in [-0.25, -0.2) is 0 Å². The van der Waals surface area contributed by atoms with Gasteiger partial charge in [0.1, 0.15) is 0 Å². The second kappa shape index (κ2) is 4.15. The first-order valence-electron chi connectivity index (χ1n) is 3.83. The minimum Gasteiger partial charge on any atom is -0.363 e. The molecule has 0 unspecified atom stereocenters. The molecule has 0 radical (unpaired) electrons. The first-order chi connectivity index (χ1) is 4.70. The summed E-state index contributed by atoms with van der Waals surface area (Å²) in [6.45, 7) is 10.3. The maximum Gasteiger partial charge on any atom is 0.0147 e. The van der Waals surface area contributed by atoms with E-state index in [1.54, 1.807) is 0 Å². The van der Waals surface area contributed by atoms with Crippen molar-refractivity contribution >= 4 is 0 Å². The minimum atomic E-state index is 1.25. The third-order valence-corrected chi connectivity index (χ3v) is 1.41. The van der Waals surface area contributed by atoms with Gasteiger partial charge in [0.15, 0.2) is 0 Å². The number of hydrogen-bond acceptors (Lipinski definition) is 0. The highest BCUT2D eigenvalue weighted by atomic mass is 14.7.